The highest BCUT2D eigenvalue weighted by Gasteiger charge is 2.43. The number of allylic oxidation sites excluding steroid dienone is 8. The first-order valence-electron chi connectivity index (χ1n) is 23.2. The van der Waals surface area contributed by atoms with Crippen LogP contribution in [0.25, 0.3) is 21.5 Å². The molecule has 1 fully saturated rings. The van der Waals surface area contributed by atoms with E-state index < -0.39 is 21.8 Å². The molecule has 0 radical (unpaired) electrons. The summed E-state index contributed by atoms with van der Waals surface area (Å²) in [5.74, 6) is -0.257. The van der Waals surface area contributed by atoms with Crippen molar-refractivity contribution in [3.8, 4) is 0 Å². The van der Waals surface area contributed by atoms with Gasteiger partial charge in [0.05, 0.1) is 12.3 Å². The van der Waals surface area contributed by atoms with Crippen molar-refractivity contribution in [1.82, 2.24) is 5.32 Å². The summed E-state index contributed by atoms with van der Waals surface area (Å²) in [6, 6.07) is 26.2. The SMILES string of the molecule is CCCCCN1C(=CC=C2CC/C(=C\C=C3\N(CCCCS(=O)(=O)O)c4ccc5ccccc5c4C3(C)C)C2=[N+](C)CCNC(=O)OC(C)(C)C)C(C)(C)c2c1ccc1ccccc21. The summed E-state index contributed by atoms with van der Waals surface area (Å²) in [5.41, 5.74) is 10.0. The minimum absolute atomic E-state index is 0.220. The fourth-order valence-corrected chi connectivity index (χ4v) is 10.8. The maximum Gasteiger partial charge on any atom is 0.407 e. The molecule has 10 heteroatoms. The van der Waals surface area contributed by atoms with Gasteiger partial charge < -0.3 is 19.9 Å². The Balaban J connectivity index is 1.30. The van der Waals surface area contributed by atoms with Crippen LogP contribution in [0.4, 0.5) is 16.2 Å². The molecule has 4 aromatic carbocycles. The number of benzene rings is 4. The van der Waals surface area contributed by atoms with Crippen LogP contribution in [-0.4, -0.2) is 73.9 Å². The average Bonchev–Trinajstić information content (AvgIpc) is 3.81. The number of amides is 1. The lowest BCUT2D eigenvalue weighted by atomic mass is 9.81. The number of hydrogen-bond acceptors (Lipinski definition) is 6. The van der Waals surface area contributed by atoms with Crippen molar-refractivity contribution in [3.63, 3.8) is 0 Å². The van der Waals surface area contributed by atoms with E-state index in [1.54, 1.807) is 0 Å². The number of nitrogens with one attached hydrogen (secondary N) is 1. The van der Waals surface area contributed by atoms with E-state index in [9.17, 15) is 17.8 Å². The van der Waals surface area contributed by atoms with Crippen LogP contribution in [0, 0.1) is 0 Å². The summed E-state index contributed by atoms with van der Waals surface area (Å²) >= 11 is 0. The zero-order valence-corrected chi connectivity index (χ0v) is 40.4. The highest BCUT2D eigenvalue weighted by atomic mass is 32.2. The van der Waals surface area contributed by atoms with Gasteiger partial charge in [0.15, 0.2) is 6.54 Å². The van der Waals surface area contributed by atoms with Crippen molar-refractivity contribution in [2.75, 3.05) is 48.8 Å². The summed E-state index contributed by atoms with van der Waals surface area (Å²) in [5, 5.41) is 7.93. The molecule has 0 unspecified atom stereocenters. The lowest BCUT2D eigenvalue weighted by Gasteiger charge is -2.27. The van der Waals surface area contributed by atoms with Gasteiger partial charge in [-0.2, -0.15) is 8.42 Å². The largest absolute Gasteiger partial charge is 0.444 e. The van der Waals surface area contributed by atoms with Gasteiger partial charge in [0, 0.05) is 57.8 Å². The Morgan fingerprint density at radius 2 is 1.23 bits per heavy atom. The summed E-state index contributed by atoms with van der Waals surface area (Å²) in [4.78, 5) is 17.6. The summed E-state index contributed by atoms with van der Waals surface area (Å²) in [6.45, 7) is 19.8. The smallest absolute Gasteiger partial charge is 0.407 e. The Hall–Kier alpha value is -5.19. The molecule has 0 atom stereocenters. The van der Waals surface area contributed by atoms with E-state index in [1.165, 1.54) is 61.6 Å². The molecule has 4 aromatic rings. The lowest BCUT2D eigenvalue weighted by molar-refractivity contribution is -0.494. The van der Waals surface area contributed by atoms with Crippen LogP contribution >= 0.6 is 0 Å². The molecule has 2 N–H and O–H groups in total. The molecular weight excluding hydrogens is 817 g/mol. The Morgan fingerprint density at radius 1 is 0.750 bits per heavy atom. The van der Waals surface area contributed by atoms with E-state index in [0.717, 1.165) is 49.3 Å². The molecule has 1 amide bonds. The monoisotopic (exact) mass is 885 g/mol. The van der Waals surface area contributed by atoms with Gasteiger partial charge in [0.2, 0.25) is 5.71 Å². The first kappa shape index (κ1) is 46.8. The van der Waals surface area contributed by atoms with Crippen molar-refractivity contribution < 1.29 is 27.1 Å². The second kappa shape index (κ2) is 18.7. The average molecular weight is 886 g/mol. The van der Waals surface area contributed by atoms with E-state index in [4.69, 9.17) is 4.74 Å². The van der Waals surface area contributed by atoms with Crippen LogP contribution in [0.15, 0.2) is 120 Å². The minimum atomic E-state index is -4.05. The van der Waals surface area contributed by atoms with Gasteiger partial charge >= 0.3 is 6.09 Å². The highest BCUT2D eigenvalue weighted by Crippen LogP contribution is 2.52. The van der Waals surface area contributed by atoms with Gasteiger partial charge in [0.25, 0.3) is 10.1 Å². The van der Waals surface area contributed by atoms with Crippen molar-refractivity contribution in [2.24, 2.45) is 0 Å². The third kappa shape index (κ3) is 9.88. The second-order valence-corrected chi connectivity index (χ2v) is 21.4. The first-order chi connectivity index (χ1) is 30.3. The van der Waals surface area contributed by atoms with Gasteiger partial charge in [-0.05, 0) is 110 Å². The summed E-state index contributed by atoms with van der Waals surface area (Å²) in [6.07, 6.45) is 15.0. The third-order valence-corrected chi connectivity index (χ3v) is 14.0. The van der Waals surface area contributed by atoms with Crippen LogP contribution in [0.1, 0.15) is 111 Å². The molecule has 0 spiro atoms. The van der Waals surface area contributed by atoms with E-state index >= 15 is 0 Å². The number of hydrogen-bond donors (Lipinski definition) is 2. The summed E-state index contributed by atoms with van der Waals surface area (Å²) in [7, 11) is -1.93. The zero-order chi connectivity index (χ0) is 46.0. The molecule has 1 saturated carbocycles. The molecule has 0 aromatic heterocycles. The molecule has 7 rings (SSSR count). The normalized spacial score (nSPS) is 20.3. The Bertz CT molecular complexity index is 2700. The number of ether oxygens (including phenoxy) is 1. The minimum Gasteiger partial charge on any atom is -0.444 e. The number of rotatable bonds is 14. The van der Waals surface area contributed by atoms with Gasteiger partial charge in [-0.3, -0.25) is 4.55 Å². The number of carbonyl (C=O) groups is 1. The number of anilines is 2. The van der Waals surface area contributed by atoms with Crippen LogP contribution in [0.2, 0.25) is 0 Å². The van der Waals surface area contributed by atoms with Crippen molar-refractivity contribution in [1.29, 1.82) is 0 Å². The maximum atomic E-state index is 12.7. The molecule has 9 nitrogen and oxygen atoms in total. The summed E-state index contributed by atoms with van der Waals surface area (Å²) < 4.78 is 40.7. The molecule has 0 bridgehead atoms. The van der Waals surface area contributed by atoms with Gasteiger partial charge in [-0.1, -0.05) is 120 Å². The standard InChI is InChI=1S/C54H68N4O5S/c1-10-11-16-34-57-44-29-25-38-19-12-14-21-42(38)48(44)53(5,6)46(57)31-27-40-23-24-41(50(40)56(9)36-33-55-51(59)63-52(2,3)4)28-32-47-54(7,8)49-43-22-15-13-20-39(43)26-30-45(49)58(47)35-17-18-37-64(60,61)62/h12-15,19-22,25-32H,10-11,16-18,23-24,33-37H2,1-9H3,(H-,55,59,60,61,62)/p+1. The fourth-order valence-electron chi connectivity index (χ4n) is 10.3. The van der Waals surface area contributed by atoms with E-state index in [1.807, 2.05) is 20.8 Å². The molecule has 2 aliphatic heterocycles. The van der Waals surface area contributed by atoms with E-state index in [-0.39, 0.29) is 16.6 Å². The number of likely N-dealkylation sites (N-methyl/N-ethyl adjacent to an activating group) is 1. The van der Waals surface area contributed by atoms with Gasteiger partial charge in [-0.15, -0.1) is 0 Å². The predicted octanol–water partition coefficient (Wildman–Crippen LogP) is 11.8. The molecule has 1 aliphatic carbocycles. The van der Waals surface area contributed by atoms with Crippen LogP contribution in [-0.2, 0) is 25.7 Å². The van der Waals surface area contributed by atoms with Crippen molar-refractivity contribution >= 4 is 54.8 Å². The Kier molecular flexibility index (Phi) is 13.7. The van der Waals surface area contributed by atoms with E-state index in [2.05, 4.69) is 158 Å². The first-order valence-corrected chi connectivity index (χ1v) is 24.9. The third-order valence-electron chi connectivity index (χ3n) is 13.2. The molecule has 0 saturated heterocycles. The van der Waals surface area contributed by atoms with Gasteiger partial charge in [0.1, 0.15) is 12.6 Å². The van der Waals surface area contributed by atoms with Crippen LogP contribution in [0.3, 0.4) is 0 Å². The van der Waals surface area contributed by atoms with E-state index in [0.29, 0.717) is 32.5 Å². The Morgan fingerprint density at radius 3 is 1.70 bits per heavy atom. The topological polar surface area (TPSA) is 102 Å². The second-order valence-electron chi connectivity index (χ2n) is 19.8. The van der Waals surface area contributed by atoms with Gasteiger partial charge in [-0.25, -0.2) is 9.37 Å². The van der Waals surface area contributed by atoms with Crippen LogP contribution < -0.4 is 15.1 Å². The molecule has 340 valence electrons. The highest BCUT2D eigenvalue weighted by molar-refractivity contribution is 7.85. The number of unbranched alkanes of at least 4 members (excludes halogenated alkanes) is 3. The fraction of sp³-hybridized carbons (Fsp3) is 0.444. The van der Waals surface area contributed by atoms with Crippen molar-refractivity contribution in [2.45, 2.75) is 117 Å². The molecule has 2 heterocycles. The zero-order valence-electron chi connectivity index (χ0n) is 39.6. The molecular formula is C54H69N4O5S+. The Labute approximate surface area is 382 Å². The predicted molar refractivity (Wildman–Crippen MR) is 266 cm³/mol. The quantitative estimate of drug-likeness (QED) is 0.0739. The number of alkyl carbamates (subject to hydrolysis) is 1. The molecule has 3 aliphatic rings. The number of carbonyl (C=O) groups excluding carboxylic acids is 1. The molecule has 64 heavy (non-hydrogen) atoms. The number of nitrogens with zero attached hydrogens (tertiary/aromatic N) is 3. The van der Waals surface area contributed by atoms with Crippen LogP contribution in [0.5, 0.6) is 0 Å². The van der Waals surface area contributed by atoms with Crippen molar-refractivity contribution in [3.05, 3.63) is 131 Å². The number of fused-ring (bicyclic) bond motifs is 6. The maximum absolute atomic E-state index is 12.7. The lowest BCUT2D eigenvalue weighted by Crippen LogP contribution is -2.36.